The van der Waals surface area contributed by atoms with Crippen LogP contribution in [-0.4, -0.2) is 11.8 Å². The molecule has 0 saturated heterocycles. The van der Waals surface area contributed by atoms with Crippen molar-refractivity contribution in [2.24, 2.45) is 5.41 Å². The van der Waals surface area contributed by atoms with Gasteiger partial charge in [-0.15, -0.1) is 0 Å². The van der Waals surface area contributed by atoms with E-state index in [0.717, 1.165) is 11.1 Å². The number of carbonyl (C=O) groups excluding carboxylic acids is 2. The number of aryl methyl sites for hydroxylation is 2. The van der Waals surface area contributed by atoms with Crippen LogP contribution >= 0.6 is 0 Å². The van der Waals surface area contributed by atoms with Crippen molar-refractivity contribution in [3.63, 3.8) is 0 Å². The number of benzene rings is 2. The highest BCUT2D eigenvalue weighted by Gasteiger charge is 2.56. The van der Waals surface area contributed by atoms with Gasteiger partial charge in [-0.1, -0.05) is 24.3 Å². The Morgan fingerprint density at radius 3 is 2.40 bits per heavy atom. The van der Waals surface area contributed by atoms with Gasteiger partial charge < -0.3 is 10.6 Å². The highest BCUT2D eigenvalue weighted by molar-refractivity contribution is 6.13. The van der Waals surface area contributed by atoms with Crippen molar-refractivity contribution in [2.75, 3.05) is 5.32 Å². The summed E-state index contributed by atoms with van der Waals surface area (Å²) in [4.78, 5) is 25.0. The van der Waals surface area contributed by atoms with Gasteiger partial charge in [-0.2, -0.15) is 0 Å². The van der Waals surface area contributed by atoms with Crippen LogP contribution in [0, 0.1) is 25.1 Å². The van der Waals surface area contributed by atoms with E-state index in [1.54, 1.807) is 18.2 Å². The summed E-state index contributed by atoms with van der Waals surface area (Å²) >= 11 is 0. The molecule has 2 aromatic carbocycles. The number of amides is 2. The molecule has 2 aromatic rings. The van der Waals surface area contributed by atoms with Crippen LogP contribution in [0.4, 0.5) is 10.1 Å². The summed E-state index contributed by atoms with van der Waals surface area (Å²) in [6, 6.07) is 11.9. The molecule has 1 fully saturated rings. The molecule has 3 rings (SSSR count). The van der Waals surface area contributed by atoms with E-state index in [9.17, 15) is 14.0 Å². The van der Waals surface area contributed by atoms with Crippen LogP contribution in [0.1, 0.15) is 29.5 Å². The van der Waals surface area contributed by atoms with Crippen molar-refractivity contribution in [1.29, 1.82) is 0 Å². The standard InChI is InChI=1S/C20H21FN2O2/c1-13-7-8-16(11-14(13)2)23-19(25)20(9-10-20)18(24)22-12-15-5-3-4-6-17(15)21/h3-8,11H,9-10,12H2,1-2H3,(H,22,24)(H,23,25). The molecule has 0 unspecified atom stereocenters. The molecular formula is C20H21FN2O2. The predicted molar refractivity (Wildman–Crippen MR) is 94.5 cm³/mol. The fourth-order valence-corrected chi connectivity index (χ4v) is 2.74. The predicted octanol–water partition coefficient (Wildman–Crippen LogP) is 3.48. The molecule has 130 valence electrons. The van der Waals surface area contributed by atoms with Crippen molar-refractivity contribution < 1.29 is 14.0 Å². The second-order valence-electron chi connectivity index (χ2n) is 6.61. The Hall–Kier alpha value is -2.69. The van der Waals surface area contributed by atoms with E-state index in [2.05, 4.69) is 10.6 Å². The Bertz CT molecular complexity index is 828. The number of anilines is 1. The summed E-state index contributed by atoms with van der Waals surface area (Å²) < 4.78 is 13.6. The first-order valence-electron chi connectivity index (χ1n) is 8.33. The van der Waals surface area contributed by atoms with Gasteiger partial charge in [-0.05, 0) is 56.0 Å². The number of hydrogen-bond donors (Lipinski definition) is 2. The van der Waals surface area contributed by atoms with E-state index >= 15 is 0 Å². The molecule has 0 aromatic heterocycles. The number of rotatable bonds is 5. The number of carbonyl (C=O) groups is 2. The maximum atomic E-state index is 13.6. The van der Waals surface area contributed by atoms with Gasteiger partial charge in [-0.3, -0.25) is 9.59 Å². The van der Waals surface area contributed by atoms with Crippen LogP contribution in [0.3, 0.4) is 0 Å². The molecule has 2 N–H and O–H groups in total. The maximum absolute atomic E-state index is 13.6. The smallest absolute Gasteiger partial charge is 0.240 e. The average Bonchev–Trinajstić information content (AvgIpc) is 3.39. The summed E-state index contributed by atoms with van der Waals surface area (Å²) in [7, 11) is 0. The molecule has 0 bridgehead atoms. The van der Waals surface area contributed by atoms with E-state index < -0.39 is 5.41 Å². The normalized spacial score (nSPS) is 14.7. The number of nitrogens with one attached hydrogen (secondary N) is 2. The van der Waals surface area contributed by atoms with Crippen LogP contribution in [0.15, 0.2) is 42.5 Å². The van der Waals surface area contributed by atoms with E-state index in [4.69, 9.17) is 0 Å². The van der Waals surface area contributed by atoms with Crippen LogP contribution in [0.25, 0.3) is 0 Å². The van der Waals surface area contributed by atoms with Crippen molar-refractivity contribution in [3.05, 3.63) is 65.0 Å². The third kappa shape index (κ3) is 3.55. The molecular weight excluding hydrogens is 319 g/mol. The summed E-state index contributed by atoms with van der Waals surface area (Å²) in [5.74, 6) is -1.02. The Morgan fingerprint density at radius 2 is 1.76 bits per heavy atom. The first-order chi connectivity index (χ1) is 11.9. The largest absolute Gasteiger partial charge is 0.351 e. The molecule has 1 saturated carbocycles. The summed E-state index contributed by atoms with van der Waals surface area (Å²) in [6.45, 7) is 4.04. The quantitative estimate of drug-likeness (QED) is 0.819. The molecule has 0 heterocycles. The lowest BCUT2D eigenvalue weighted by molar-refractivity contribution is -0.134. The molecule has 0 atom stereocenters. The fraction of sp³-hybridized carbons (Fsp3) is 0.300. The van der Waals surface area contributed by atoms with Crippen molar-refractivity contribution in [2.45, 2.75) is 33.2 Å². The second-order valence-corrected chi connectivity index (χ2v) is 6.61. The minimum absolute atomic E-state index is 0.0736. The molecule has 25 heavy (non-hydrogen) atoms. The molecule has 1 aliphatic rings. The van der Waals surface area contributed by atoms with E-state index in [0.29, 0.717) is 24.1 Å². The zero-order chi connectivity index (χ0) is 18.0. The summed E-state index contributed by atoms with van der Waals surface area (Å²) in [6.07, 6.45) is 1.01. The van der Waals surface area contributed by atoms with Crippen LogP contribution < -0.4 is 10.6 Å². The third-order valence-electron chi connectivity index (χ3n) is 4.78. The Morgan fingerprint density at radius 1 is 1.04 bits per heavy atom. The zero-order valence-corrected chi connectivity index (χ0v) is 14.4. The minimum Gasteiger partial charge on any atom is -0.351 e. The van der Waals surface area contributed by atoms with Gasteiger partial charge in [0.15, 0.2) is 0 Å². The zero-order valence-electron chi connectivity index (χ0n) is 14.4. The number of halogens is 1. The van der Waals surface area contributed by atoms with Gasteiger partial charge in [-0.25, -0.2) is 4.39 Å². The minimum atomic E-state index is -1.04. The van der Waals surface area contributed by atoms with Gasteiger partial charge >= 0.3 is 0 Å². The highest BCUT2D eigenvalue weighted by atomic mass is 19.1. The SMILES string of the molecule is Cc1ccc(NC(=O)C2(C(=O)NCc3ccccc3F)CC2)cc1C. The van der Waals surface area contributed by atoms with Gasteiger partial charge in [0.2, 0.25) is 11.8 Å². The lowest BCUT2D eigenvalue weighted by atomic mass is 10.0. The maximum Gasteiger partial charge on any atom is 0.240 e. The molecule has 2 amide bonds. The average molecular weight is 340 g/mol. The van der Waals surface area contributed by atoms with Crippen LogP contribution in [-0.2, 0) is 16.1 Å². The van der Waals surface area contributed by atoms with E-state index in [1.165, 1.54) is 6.07 Å². The van der Waals surface area contributed by atoms with Crippen molar-refractivity contribution in [3.8, 4) is 0 Å². The topological polar surface area (TPSA) is 58.2 Å². The van der Waals surface area contributed by atoms with Gasteiger partial charge in [0.25, 0.3) is 0 Å². The van der Waals surface area contributed by atoms with Crippen molar-refractivity contribution in [1.82, 2.24) is 5.32 Å². The first-order valence-corrected chi connectivity index (χ1v) is 8.33. The third-order valence-corrected chi connectivity index (χ3v) is 4.78. The monoisotopic (exact) mass is 340 g/mol. The second kappa shape index (κ2) is 6.67. The Kier molecular flexibility index (Phi) is 4.57. The van der Waals surface area contributed by atoms with Gasteiger partial charge in [0.1, 0.15) is 11.2 Å². The highest BCUT2D eigenvalue weighted by Crippen LogP contribution is 2.47. The fourth-order valence-electron chi connectivity index (χ4n) is 2.74. The van der Waals surface area contributed by atoms with E-state index in [-0.39, 0.29) is 24.2 Å². The molecule has 0 aliphatic heterocycles. The lowest BCUT2D eigenvalue weighted by Crippen LogP contribution is -2.39. The Balaban J connectivity index is 1.64. The number of hydrogen-bond acceptors (Lipinski definition) is 2. The summed E-state index contributed by atoms with van der Waals surface area (Å²) in [5, 5.41) is 5.52. The summed E-state index contributed by atoms with van der Waals surface area (Å²) in [5.41, 5.74) is 2.26. The van der Waals surface area contributed by atoms with Crippen LogP contribution in [0.2, 0.25) is 0 Å². The van der Waals surface area contributed by atoms with Crippen molar-refractivity contribution >= 4 is 17.5 Å². The molecule has 0 radical (unpaired) electrons. The molecule has 4 nitrogen and oxygen atoms in total. The van der Waals surface area contributed by atoms with Gasteiger partial charge in [0.05, 0.1) is 0 Å². The van der Waals surface area contributed by atoms with Gasteiger partial charge in [0, 0.05) is 17.8 Å². The van der Waals surface area contributed by atoms with Crippen LogP contribution in [0.5, 0.6) is 0 Å². The Labute approximate surface area is 146 Å². The van der Waals surface area contributed by atoms with E-state index in [1.807, 2.05) is 32.0 Å². The molecule has 5 heteroatoms. The molecule has 1 aliphatic carbocycles. The first kappa shape index (κ1) is 17.1. The lowest BCUT2D eigenvalue weighted by Gasteiger charge is -2.16. The molecule has 0 spiro atoms.